The lowest BCUT2D eigenvalue weighted by molar-refractivity contribution is -0.128. The second-order valence-corrected chi connectivity index (χ2v) is 10.3. The van der Waals surface area contributed by atoms with E-state index in [0.29, 0.717) is 54.8 Å². The van der Waals surface area contributed by atoms with Crippen LogP contribution in [0.5, 0.6) is 0 Å². The highest BCUT2D eigenvalue weighted by molar-refractivity contribution is 6.36. The quantitative estimate of drug-likeness (QED) is 0.402. The van der Waals surface area contributed by atoms with E-state index < -0.39 is 11.2 Å². The average Bonchev–Trinajstić information content (AvgIpc) is 3.11. The molecule has 1 aromatic carbocycles. The monoisotopic (exact) mass is 505 g/mol. The molecule has 4 N–H and O–H groups in total. The summed E-state index contributed by atoms with van der Waals surface area (Å²) < 4.78 is 16.7. The highest BCUT2D eigenvalue weighted by atomic mass is 35.5. The van der Waals surface area contributed by atoms with E-state index in [2.05, 4.69) is 20.6 Å². The molecule has 2 aliphatic rings. The van der Waals surface area contributed by atoms with Gasteiger partial charge in [0.2, 0.25) is 17.8 Å². The lowest BCUT2D eigenvalue weighted by atomic mass is 9.73. The number of nitrogens with two attached hydrogens (primary N) is 1. The van der Waals surface area contributed by atoms with Crippen molar-refractivity contribution in [1.29, 1.82) is 0 Å². The zero-order valence-corrected chi connectivity index (χ0v) is 20.3. The van der Waals surface area contributed by atoms with E-state index in [1.165, 1.54) is 18.6 Å². The molecule has 0 radical (unpaired) electrons. The van der Waals surface area contributed by atoms with Crippen LogP contribution < -0.4 is 16.4 Å². The Kier molecular flexibility index (Phi) is 6.02. The Morgan fingerprint density at radius 1 is 1.21 bits per heavy atom. The number of nitrogens with one attached hydrogen (secondary N) is 2. The number of carbonyl (C=O) groups excluding carboxylic acids is 1. The van der Waals surface area contributed by atoms with Crippen LogP contribution in [-0.4, -0.2) is 31.5 Å². The third kappa shape index (κ3) is 4.27. The summed E-state index contributed by atoms with van der Waals surface area (Å²) in [5.74, 6) is 0.0721. The first-order chi connectivity index (χ1) is 16.2. The van der Waals surface area contributed by atoms with Crippen molar-refractivity contribution in [2.45, 2.75) is 64.0 Å². The molecule has 5 rings (SSSR count). The minimum atomic E-state index is -0.584. The standard InChI is InChI=1S/C23H26Cl2FN7O/c1-23(20(27)34)7-5-14(6-8-23)33-19-17(11-28-21(32-19)29-13-3-2-4-13)30-22(33)31-18-15(25)9-12(24)10-16(18)26/h9-11,13-14H,2-8H2,1H3,(H2,27,34)(H,30,31)(H,28,29,32)/t14-,23-. The Hall–Kier alpha value is -2.65. The number of benzene rings is 1. The summed E-state index contributed by atoms with van der Waals surface area (Å²) in [5.41, 5.74) is 6.41. The van der Waals surface area contributed by atoms with Crippen LogP contribution >= 0.6 is 23.2 Å². The van der Waals surface area contributed by atoms with Gasteiger partial charge in [-0.25, -0.2) is 14.4 Å². The molecule has 2 aromatic heterocycles. The predicted octanol–water partition coefficient (Wildman–Crippen LogP) is 5.59. The smallest absolute Gasteiger partial charge is 0.224 e. The molecule has 0 spiro atoms. The Labute approximate surface area is 206 Å². The van der Waals surface area contributed by atoms with Crippen molar-refractivity contribution in [3.05, 3.63) is 34.2 Å². The number of hydrogen-bond acceptors (Lipinski definition) is 6. The van der Waals surface area contributed by atoms with Crippen LogP contribution in [-0.2, 0) is 4.79 Å². The fourth-order valence-electron chi connectivity index (χ4n) is 4.65. The summed E-state index contributed by atoms with van der Waals surface area (Å²) in [6.45, 7) is 1.91. The van der Waals surface area contributed by atoms with Crippen LogP contribution in [0.4, 0.5) is 22.0 Å². The fourth-order valence-corrected chi connectivity index (χ4v) is 5.16. The number of primary amides is 1. The normalized spacial score (nSPS) is 23.0. The van der Waals surface area contributed by atoms with E-state index in [4.69, 9.17) is 33.9 Å². The van der Waals surface area contributed by atoms with Gasteiger partial charge in [0.15, 0.2) is 5.65 Å². The minimum absolute atomic E-state index is 0.0134. The second-order valence-electron chi connectivity index (χ2n) is 9.51. The van der Waals surface area contributed by atoms with Gasteiger partial charge in [-0.1, -0.05) is 30.1 Å². The summed E-state index contributed by atoms with van der Waals surface area (Å²) in [7, 11) is 0. The molecule has 0 aliphatic heterocycles. The predicted molar refractivity (Wildman–Crippen MR) is 131 cm³/mol. The van der Waals surface area contributed by atoms with Crippen LogP contribution in [0.3, 0.4) is 0 Å². The number of rotatable bonds is 6. The number of nitrogens with zero attached hydrogens (tertiary/aromatic N) is 4. The van der Waals surface area contributed by atoms with Crippen LogP contribution in [0.25, 0.3) is 11.2 Å². The largest absolute Gasteiger partial charge is 0.369 e. The van der Waals surface area contributed by atoms with Gasteiger partial charge in [-0.05, 0) is 57.1 Å². The van der Waals surface area contributed by atoms with Crippen molar-refractivity contribution < 1.29 is 9.18 Å². The van der Waals surface area contributed by atoms with Crippen LogP contribution in [0.1, 0.15) is 57.9 Å². The lowest BCUT2D eigenvalue weighted by Gasteiger charge is -2.35. The van der Waals surface area contributed by atoms with Gasteiger partial charge in [-0.15, -0.1) is 0 Å². The zero-order valence-electron chi connectivity index (χ0n) is 18.7. The molecule has 2 saturated carbocycles. The number of halogens is 3. The number of aromatic nitrogens is 4. The molecule has 1 amide bonds. The first kappa shape index (κ1) is 23.1. The molecule has 0 saturated heterocycles. The first-order valence-corrected chi connectivity index (χ1v) is 12.2. The van der Waals surface area contributed by atoms with E-state index >= 15 is 0 Å². The number of imidazole rings is 1. The first-order valence-electron chi connectivity index (χ1n) is 11.5. The van der Waals surface area contributed by atoms with Crippen molar-refractivity contribution in [3.8, 4) is 0 Å². The van der Waals surface area contributed by atoms with Gasteiger partial charge in [-0.3, -0.25) is 9.36 Å². The van der Waals surface area contributed by atoms with Crippen molar-refractivity contribution >= 4 is 57.9 Å². The minimum Gasteiger partial charge on any atom is -0.369 e. The van der Waals surface area contributed by atoms with Gasteiger partial charge in [0, 0.05) is 22.5 Å². The maximum atomic E-state index is 14.7. The summed E-state index contributed by atoms with van der Waals surface area (Å²) in [6.07, 6.45) is 7.73. The maximum absolute atomic E-state index is 14.7. The molecular formula is C23H26Cl2FN7O. The number of hydrogen-bond donors (Lipinski definition) is 3. The molecule has 180 valence electrons. The molecule has 0 unspecified atom stereocenters. The zero-order chi connectivity index (χ0) is 24.0. The van der Waals surface area contributed by atoms with Gasteiger partial charge < -0.3 is 16.4 Å². The third-order valence-electron chi connectivity index (χ3n) is 7.13. The fraction of sp³-hybridized carbons (Fsp3) is 0.478. The molecule has 8 nitrogen and oxygen atoms in total. The Bertz CT molecular complexity index is 1230. The number of amides is 1. The van der Waals surface area contributed by atoms with Gasteiger partial charge in [0.25, 0.3) is 0 Å². The molecule has 2 aliphatic carbocycles. The summed E-state index contributed by atoms with van der Waals surface area (Å²) >= 11 is 12.2. The van der Waals surface area contributed by atoms with Crippen molar-refractivity contribution in [2.75, 3.05) is 10.6 Å². The van der Waals surface area contributed by atoms with E-state index in [1.54, 1.807) is 6.20 Å². The van der Waals surface area contributed by atoms with Gasteiger partial charge in [0.1, 0.15) is 11.3 Å². The molecular weight excluding hydrogens is 480 g/mol. The molecule has 34 heavy (non-hydrogen) atoms. The van der Waals surface area contributed by atoms with Crippen LogP contribution in [0.15, 0.2) is 18.3 Å². The molecule has 0 atom stereocenters. The van der Waals surface area contributed by atoms with E-state index in [-0.39, 0.29) is 27.7 Å². The van der Waals surface area contributed by atoms with E-state index in [1.807, 2.05) is 11.5 Å². The average molecular weight is 506 g/mol. The van der Waals surface area contributed by atoms with Gasteiger partial charge >= 0.3 is 0 Å². The number of anilines is 3. The molecule has 11 heteroatoms. The van der Waals surface area contributed by atoms with Gasteiger partial charge in [-0.2, -0.15) is 4.98 Å². The van der Waals surface area contributed by atoms with Crippen molar-refractivity contribution in [2.24, 2.45) is 11.1 Å². The van der Waals surface area contributed by atoms with Crippen LogP contribution in [0, 0.1) is 11.2 Å². The van der Waals surface area contributed by atoms with Gasteiger partial charge in [0.05, 0.1) is 16.9 Å². The lowest BCUT2D eigenvalue weighted by Crippen LogP contribution is -2.38. The molecule has 2 heterocycles. The second kappa shape index (κ2) is 8.85. The topological polar surface area (TPSA) is 111 Å². The van der Waals surface area contributed by atoms with Crippen molar-refractivity contribution in [1.82, 2.24) is 19.5 Å². The maximum Gasteiger partial charge on any atom is 0.224 e. The SMILES string of the molecule is C[C@]1(C(N)=O)CC[C@H](n2c(Nc3c(F)cc(Cl)cc3Cl)nc3cnc(NC4CCC4)nc32)CC1. The van der Waals surface area contributed by atoms with Crippen LogP contribution in [0.2, 0.25) is 10.0 Å². The van der Waals surface area contributed by atoms with Crippen molar-refractivity contribution in [3.63, 3.8) is 0 Å². The third-order valence-corrected chi connectivity index (χ3v) is 7.65. The molecule has 3 aromatic rings. The van der Waals surface area contributed by atoms with E-state index in [9.17, 15) is 9.18 Å². The summed E-state index contributed by atoms with van der Waals surface area (Å²) in [6, 6.07) is 3.03. The Morgan fingerprint density at radius 2 is 1.94 bits per heavy atom. The summed E-state index contributed by atoms with van der Waals surface area (Å²) in [4.78, 5) is 25.8. The molecule has 2 fully saturated rings. The molecule has 0 bridgehead atoms. The summed E-state index contributed by atoms with van der Waals surface area (Å²) in [5, 5.41) is 6.78. The highest BCUT2D eigenvalue weighted by Crippen LogP contribution is 2.43. The number of carbonyl (C=O) groups is 1. The highest BCUT2D eigenvalue weighted by Gasteiger charge is 2.38. The Balaban J connectivity index is 1.55. The Morgan fingerprint density at radius 3 is 2.56 bits per heavy atom. The number of fused-ring (bicyclic) bond motifs is 1. The van der Waals surface area contributed by atoms with E-state index in [0.717, 1.165) is 12.8 Å².